The van der Waals surface area contributed by atoms with E-state index in [0.717, 1.165) is 24.7 Å². The Kier molecular flexibility index (Phi) is 4.28. The standard InChI is InChI=1S/C12H18N2O/c1-3-4-5-6-10-7-8-14(2)11(9-15)12(10)13/h7-9H,3-6H2,1-2H3,(H-,13,15)/p+1. The van der Waals surface area contributed by atoms with Gasteiger partial charge in [-0.3, -0.25) is 4.79 Å². The summed E-state index contributed by atoms with van der Waals surface area (Å²) in [7, 11) is 1.83. The minimum Gasteiger partial charge on any atom is -0.393 e. The monoisotopic (exact) mass is 207 g/mol. The van der Waals surface area contributed by atoms with E-state index in [4.69, 9.17) is 5.73 Å². The van der Waals surface area contributed by atoms with E-state index in [0.29, 0.717) is 11.4 Å². The van der Waals surface area contributed by atoms with Crippen molar-refractivity contribution in [2.45, 2.75) is 32.6 Å². The zero-order chi connectivity index (χ0) is 11.3. The first-order valence-electron chi connectivity index (χ1n) is 5.42. The van der Waals surface area contributed by atoms with Gasteiger partial charge in [-0.05, 0) is 18.4 Å². The minimum absolute atomic E-state index is 0.573. The molecule has 1 heterocycles. The molecule has 0 atom stereocenters. The average molecular weight is 207 g/mol. The highest BCUT2D eigenvalue weighted by molar-refractivity contribution is 5.79. The predicted octanol–water partition coefficient (Wildman–Crippen LogP) is 1.64. The average Bonchev–Trinajstić information content (AvgIpc) is 2.22. The second-order valence-electron chi connectivity index (χ2n) is 3.83. The Morgan fingerprint density at radius 3 is 2.80 bits per heavy atom. The number of nitrogen functional groups attached to an aromatic ring is 1. The number of carbonyl (C=O) groups excluding carboxylic acids is 1. The van der Waals surface area contributed by atoms with Crippen LogP contribution in [0.15, 0.2) is 12.3 Å². The van der Waals surface area contributed by atoms with E-state index < -0.39 is 0 Å². The topological polar surface area (TPSA) is 47.0 Å². The van der Waals surface area contributed by atoms with Crippen LogP contribution < -0.4 is 10.3 Å². The third kappa shape index (κ3) is 2.78. The van der Waals surface area contributed by atoms with Gasteiger partial charge in [0.25, 0.3) is 5.69 Å². The van der Waals surface area contributed by atoms with Crippen LogP contribution in [0.4, 0.5) is 5.69 Å². The van der Waals surface area contributed by atoms with Gasteiger partial charge in [-0.2, -0.15) is 4.57 Å². The van der Waals surface area contributed by atoms with Crippen LogP contribution in [-0.2, 0) is 13.5 Å². The normalized spacial score (nSPS) is 10.3. The third-order valence-electron chi connectivity index (χ3n) is 2.66. The molecule has 1 rings (SSSR count). The number of hydrogen-bond acceptors (Lipinski definition) is 2. The molecule has 0 saturated carbocycles. The molecule has 2 N–H and O–H groups in total. The maximum atomic E-state index is 10.8. The summed E-state index contributed by atoms with van der Waals surface area (Å²) in [6.45, 7) is 2.17. The summed E-state index contributed by atoms with van der Waals surface area (Å²) in [5, 5.41) is 0. The lowest BCUT2D eigenvalue weighted by molar-refractivity contribution is -0.672. The van der Waals surface area contributed by atoms with E-state index in [1.807, 2.05) is 19.3 Å². The first-order chi connectivity index (χ1) is 7.20. The number of anilines is 1. The second kappa shape index (κ2) is 5.49. The molecular formula is C12H19N2O+. The van der Waals surface area contributed by atoms with E-state index in [1.165, 1.54) is 12.8 Å². The molecule has 0 amide bonds. The van der Waals surface area contributed by atoms with Gasteiger partial charge in [-0.15, -0.1) is 0 Å². The van der Waals surface area contributed by atoms with Crippen LogP contribution in [0.25, 0.3) is 0 Å². The molecule has 0 radical (unpaired) electrons. The number of aromatic nitrogens is 1. The maximum Gasteiger partial charge on any atom is 0.268 e. The van der Waals surface area contributed by atoms with Gasteiger partial charge in [0, 0.05) is 6.07 Å². The Hall–Kier alpha value is -1.38. The molecule has 0 unspecified atom stereocenters. The van der Waals surface area contributed by atoms with E-state index >= 15 is 0 Å². The fourth-order valence-corrected chi connectivity index (χ4v) is 1.66. The molecule has 1 aromatic heterocycles. The SMILES string of the molecule is CCCCCc1cc[n+](C)c(C=O)c1N. The Morgan fingerprint density at radius 2 is 2.20 bits per heavy atom. The summed E-state index contributed by atoms with van der Waals surface area (Å²) >= 11 is 0. The Balaban J connectivity index is 2.85. The summed E-state index contributed by atoms with van der Waals surface area (Å²) in [5.74, 6) is 0. The number of aryl methyl sites for hydroxylation is 2. The largest absolute Gasteiger partial charge is 0.393 e. The van der Waals surface area contributed by atoms with Crippen LogP contribution in [-0.4, -0.2) is 6.29 Å². The van der Waals surface area contributed by atoms with Crippen LogP contribution in [0, 0.1) is 0 Å². The summed E-state index contributed by atoms with van der Waals surface area (Å²) in [6.07, 6.45) is 7.20. The predicted molar refractivity (Wildman–Crippen MR) is 60.6 cm³/mol. The van der Waals surface area contributed by atoms with Crippen molar-refractivity contribution in [3.05, 3.63) is 23.5 Å². The molecule has 0 aliphatic carbocycles. The molecule has 15 heavy (non-hydrogen) atoms. The lowest BCUT2D eigenvalue weighted by Crippen LogP contribution is -2.34. The van der Waals surface area contributed by atoms with Crippen molar-refractivity contribution in [3.8, 4) is 0 Å². The maximum absolute atomic E-state index is 10.8. The second-order valence-corrected chi connectivity index (χ2v) is 3.83. The smallest absolute Gasteiger partial charge is 0.268 e. The van der Waals surface area contributed by atoms with Crippen molar-refractivity contribution < 1.29 is 9.36 Å². The van der Waals surface area contributed by atoms with Crippen LogP contribution in [0.1, 0.15) is 42.2 Å². The molecular weight excluding hydrogens is 188 g/mol. The fourth-order valence-electron chi connectivity index (χ4n) is 1.66. The molecule has 3 heteroatoms. The lowest BCUT2D eigenvalue weighted by Gasteiger charge is -2.05. The third-order valence-corrected chi connectivity index (χ3v) is 2.66. The number of carbonyl (C=O) groups is 1. The molecule has 3 nitrogen and oxygen atoms in total. The number of aldehydes is 1. The zero-order valence-corrected chi connectivity index (χ0v) is 9.49. The van der Waals surface area contributed by atoms with Crippen LogP contribution in [0.3, 0.4) is 0 Å². The van der Waals surface area contributed by atoms with Crippen molar-refractivity contribution >= 4 is 12.0 Å². The van der Waals surface area contributed by atoms with Gasteiger partial charge in [0.15, 0.2) is 6.20 Å². The van der Waals surface area contributed by atoms with E-state index in [1.54, 1.807) is 4.57 Å². The number of nitrogens with zero attached hydrogens (tertiary/aromatic N) is 1. The van der Waals surface area contributed by atoms with Gasteiger partial charge < -0.3 is 5.73 Å². The van der Waals surface area contributed by atoms with Gasteiger partial charge in [-0.25, -0.2) is 0 Å². The van der Waals surface area contributed by atoms with Crippen LogP contribution >= 0.6 is 0 Å². The van der Waals surface area contributed by atoms with Gasteiger partial charge in [0.05, 0.1) is 0 Å². The highest BCUT2D eigenvalue weighted by Crippen LogP contribution is 2.15. The van der Waals surface area contributed by atoms with Crippen molar-refractivity contribution in [2.75, 3.05) is 5.73 Å². The van der Waals surface area contributed by atoms with Crippen LogP contribution in [0.2, 0.25) is 0 Å². The molecule has 1 aromatic rings. The van der Waals surface area contributed by atoms with Gasteiger partial charge in [-0.1, -0.05) is 19.8 Å². The van der Waals surface area contributed by atoms with Crippen molar-refractivity contribution in [3.63, 3.8) is 0 Å². The first-order valence-corrected chi connectivity index (χ1v) is 5.42. The highest BCUT2D eigenvalue weighted by atomic mass is 16.1. The van der Waals surface area contributed by atoms with E-state index in [-0.39, 0.29) is 0 Å². The fraction of sp³-hybridized carbons (Fsp3) is 0.500. The molecule has 0 spiro atoms. The summed E-state index contributed by atoms with van der Waals surface area (Å²) < 4.78 is 1.76. The van der Waals surface area contributed by atoms with Gasteiger partial charge >= 0.3 is 0 Å². The lowest BCUT2D eigenvalue weighted by atomic mass is 10.1. The Morgan fingerprint density at radius 1 is 1.47 bits per heavy atom. The number of unbranched alkanes of at least 4 members (excludes halogenated alkanes) is 2. The highest BCUT2D eigenvalue weighted by Gasteiger charge is 2.13. The number of pyridine rings is 1. The molecule has 0 aliphatic rings. The molecule has 82 valence electrons. The quantitative estimate of drug-likeness (QED) is 0.453. The van der Waals surface area contributed by atoms with Gasteiger partial charge in [0.1, 0.15) is 12.7 Å². The first kappa shape index (κ1) is 11.7. The van der Waals surface area contributed by atoms with E-state index in [2.05, 4.69) is 6.92 Å². The molecule has 0 fully saturated rings. The molecule has 0 saturated heterocycles. The number of hydrogen-bond donors (Lipinski definition) is 1. The summed E-state index contributed by atoms with van der Waals surface area (Å²) in [6, 6.07) is 2.00. The molecule has 0 aromatic carbocycles. The number of nitrogens with two attached hydrogens (primary N) is 1. The van der Waals surface area contributed by atoms with Crippen molar-refractivity contribution in [1.82, 2.24) is 0 Å². The number of rotatable bonds is 5. The van der Waals surface area contributed by atoms with Crippen LogP contribution in [0.5, 0.6) is 0 Å². The minimum atomic E-state index is 0.573. The van der Waals surface area contributed by atoms with E-state index in [9.17, 15) is 4.79 Å². The Labute approximate surface area is 90.9 Å². The summed E-state index contributed by atoms with van der Waals surface area (Å²) in [5.41, 5.74) is 8.22. The molecule has 0 bridgehead atoms. The van der Waals surface area contributed by atoms with Gasteiger partial charge in [0.2, 0.25) is 6.29 Å². The zero-order valence-electron chi connectivity index (χ0n) is 9.49. The van der Waals surface area contributed by atoms with Crippen molar-refractivity contribution in [2.24, 2.45) is 7.05 Å². The van der Waals surface area contributed by atoms with Crippen molar-refractivity contribution in [1.29, 1.82) is 0 Å². The Bertz CT molecular complexity index is 348. The summed E-state index contributed by atoms with van der Waals surface area (Å²) in [4.78, 5) is 10.8. The molecule has 0 aliphatic heterocycles.